The molecule has 0 fully saturated rings. The van der Waals surface area contributed by atoms with Crippen LogP contribution in [0.2, 0.25) is 0 Å². The highest BCUT2D eigenvalue weighted by Crippen LogP contribution is 2.10. The molecule has 6 nitrogen and oxygen atoms in total. The zero-order valence-corrected chi connectivity index (χ0v) is 14.2. The predicted molar refractivity (Wildman–Crippen MR) is 93.4 cm³/mol. The molecular formula is C16H20N4O2S. The smallest absolute Gasteiger partial charge is 0.338 e. The molecule has 0 radical (unpaired) electrons. The Kier molecular flexibility index (Phi) is 5.70. The van der Waals surface area contributed by atoms with Gasteiger partial charge < -0.3 is 15.4 Å². The second kappa shape index (κ2) is 7.73. The number of aryl methyl sites for hydroxylation is 2. The first-order chi connectivity index (χ1) is 11.0. The minimum absolute atomic E-state index is 0.328. The number of thiocarbonyl (C=S) groups is 1. The molecule has 23 heavy (non-hydrogen) atoms. The van der Waals surface area contributed by atoms with E-state index in [-0.39, 0.29) is 5.97 Å². The fourth-order valence-corrected chi connectivity index (χ4v) is 2.16. The average Bonchev–Trinajstić information content (AvgIpc) is 2.85. The van der Waals surface area contributed by atoms with Crippen molar-refractivity contribution in [1.29, 1.82) is 0 Å². The molecule has 0 spiro atoms. The number of hydrogen-bond acceptors (Lipinski definition) is 4. The predicted octanol–water partition coefficient (Wildman–Crippen LogP) is 2.39. The number of carbonyl (C=O) groups is 1. The fraction of sp³-hybridized carbons (Fsp3) is 0.312. The summed E-state index contributed by atoms with van der Waals surface area (Å²) in [6.45, 7) is 4.69. The van der Waals surface area contributed by atoms with Crippen molar-refractivity contribution in [1.82, 2.24) is 15.1 Å². The van der Waals surface area contributed by atoms with Crippen molar-refractivity contribution in [2.24, 2.45) is 7.05 Å². The Hall–Kier alpha value is -2.41. The highest BCUT2D eigenvalue weighted by Gasteiger charge is 2.06. The molecule has 0 unspecified atom stereocenters. The van der Waals surface area contributed by atoms with Crippen LogP contribution in [0.25, 0.3) is 0 Å². The van der Waals surface area contributed by atoms with Gasteiger partial charge in [-0.15, -0.1) is 0 Å². The third kappa shape index (κ3) is 4.79. The lowest BCUT2D eigenvalue weighted by Crippen LogP contribution is -2.28. The second-order valence-corrected chi connectivity index (χ2v) is 5.41. The summed E-state index contributed by atoms with van der Waals surface area (Å²) in [7, 11) is 1.90. The monoisotopic (exact) mass is 332 g/mol. The molecule has 0 bridgehead atoms. The van der Waals surface area contributed by atoms with Crippen LogP contribution in [0, 0.1) is 6.92 Å². The van der Waals surface area contributed by atoms with E-state index >= 15 is 0 Å². The van der Waals surface area contributed by atoms with Crippen molar-refractivity contribution in [2.45, 2.75) is 20.4 Å². The van der Waals surface area contributed by atoms with Crippen molar-refractivity contribution < 1.29 is 9.53 Å². The Morgan fingerprint density at radius 2 is 2.04 bits per heavy atom. The van der Waals surface area contributed by atoms with E-state index in [4.69, 9.17) is 17.0 Å². The van der Waals surface area contributed by atoms with E-state index in [9.17, 15) is 4.79 Å². The number of rotatable bonds is 5. The Morgan fingerprint density at radius 3 is 2.61 bits per heavy atom. The van der Waals surface area contributed by atoms with Gasteiger partial charge >= 0.3 is 5.97 Å². The number of benzene rings is 1. The lowest BCUT2D eigenvalue weighted by molar-refractivity contribution is 0.0526. The zero-order chi connectivity index (χ0) is 16.8. The Bertz CT molecular complexity index is 675. The van der Waals surface area contributed by atoms with Crippen molar-refractivity contribution in [3.8, 4) is 0 Å². The number of esters is 1. The number of aromatic nitrogens is 2. The molecule has 2 aromatic rings. The molecule has 0 aliphatic carbocycles. The number of nitrogens with zero attached hydrogens (tertiary/aromatic N) is 2. The molecule has 7 heteroatoms. The zero-order valence-electron chi connectivity index (χ0n) is 13.4. The third-order valence-electron chi connectivity index (χ3n) is 3.25. The molecule has 122 valence electrons. The van der Waals surface area contributed by atoms with E-state index in [0.717, 1.165) is 17.1 Å². The van der Waals surface area contributed by atoms with Crippen LogP contribution in [-0.4, -0.2) is 27.5 Å². The van der Waals surface area contributed by atoms with E-state index in [1.54, 1.807) is 31.2 Å². The number of hydrogen-bond donors (Lipinski definition) is 2. The van der Waals surface area contributed by atoms with Gasteiger partial charge in [0, 0.05) is 18.4 Å². The van der Waals surface area contributed by atoms with Crippen LogP contribution in [0.5, 0.6) is 0 Å². The van der Waals surface area contributed by atoms with Gasteiger partial charge in [0.05, 0.1) is 24.4 Å². The van der Waals surface area contributed by atoms with E-state index in [0.29, 0.717) is 23.8 Å². The van der Waals surface area contributed by atoms with Gasteiger partial charge in [-0.2, -0.15) is 5.10 Å². The summed E-state index contributed by atoms with van der Waals surface area (Å²) in [4.78, 5) is 11.6. The fourth-order valence-electron chi connectivity index (χ4n) is 1.97. The molecule has 0 atom stereocenters. The van der Waals surface area contributed by atoms with Gasteiger partial charge in [0.25, 0.3) is 0 Å². The normalized spacial score (nSPS) is 10.2. The molecule has 0 saturated carbocycles. The first-order valence-electron chi connectivity index (χ1n) is 7.31. The Labute approximate surface area is 140 Å². The van der Waals surface area contributed by atoms with Crippen molar-refractivity contribution >= 4 is 29.0 Å². The van der Waals surface area contributed by atoms with Crippen LogP contribution in [0.3, 0.4) is 0 Å². The number of carbonyl (C=O) groups excluding carboxylic acids is 1. The van der Waals surface area contributed by atoms with Crippen LogP contribution in [0.1, 0.15) is 28.7 Å². The van der Waals surface area contributed by atoms with E-state index in [1.807, 2.05) is 24.7 Å². The van der Waals surface area contributed by atoms with Crippen LogP contribution in [0.15, 0.2) is 30.3 Å². The number of ether oxygens (including phenoxy) is 1. The quantitative estimate of drug-likeness (QED) is 0.647. The van der Waals surface area contributed by atoms with Gasteiger partial charge in [0.2, 0.25) is 0 Å². The molecule has 0 amide bonds. The topological polar surface area (TPSA) is 68.2 Å². The molecule has 1 heterocycles. The maximum atomic E-state index is 11.6. The molecule has 1 aromatic heterocycles. The molecular weight excluding hydrogens is 312 g/mol. The van der Waals surface area contributed by atoms with Crippen LogP contribution >= 0.6 is 12.2 Å². The van der Waals surface area contributed by atoms with E-state index < -0.39 is 0 Å². The summed E-state index contributed by atoms with van der Waals surface area (Å²) in [5.74, 6) is -0.328. The molecule has 0 aliphatic rings. The SMILES string of the molecule is CCOC(=O)c1ccc(NC(=S)NCc2cc(C)n(C)n2)cc1. The van der Waals surface area contributed by atoms with Crippen molar-refractivity contribution in [2.75, 3.05) is 11.9 Å². The van der Waals surface area contributed by atoms with Crippen LogP contribution in [-0.2, 0) is 18.3 Å². The van der Waals surface area contributed by atoms with Crippen molar-refractivity contribution in [3.63, 3.8) is 0 Å². The summed E-state index contributed by atoms with van der Waals surface area (Å²) < 4.78 is 6.76. The van der Waals surface area contributed by atoms with Gasteiger partial charge in [-0.05, 0) is 56.4 Å². The first kappa shape index (κ1) is 17.0. The Balaban J connectivity index is 1.86. The summed E-state index contributed by atoms with van der Waals surface area (Å²) in [5, 5.41) is 11.0. The molecule has 0 saturated heterocycles. The van der Waals surface area contributed by atoms with E-state index in [2.05, 4.69) is 15.7 Å². The maximum absolute atomic E-state index is 11.6. The minimum Gasteiger partial charge on any atom is -0.462 e. The summed E-state index contributed by atoms with van der Waals surface area (Å²) in [6, 6.07) is 8.97. The van der Waals surface area contributed by atoms with Crippen LogP contribution in [0.4, 0.5) is 5.69 Å². The lowest BCUT2D eigenvalue weighted by Gasteiger charge is -2.10. The molecule has 1 aromatic carbocycles. The molecule has 0 aliphatic heterocycles. The number of nitrogens with one attached hydrogen (secondary N) is 2. The lowest BCUT2D eigenvalue weighted by atomic mass is 10.2. The first-order valence-corrected chi connectivity index (χ1v) is 7.72. The maximum Gasteiger partial charge on any atom is 0.338 e. The highest BCUT2D eigenvalue weighted by atomic mass is 32.1. The van der Waals surface area contributed by atoms with Gasteiger partial charge in [0.15, 0.2) is 5.11 Å². The highest BCUT2D eigenvalue weighted by molar-refractivity contribution is 7.80. The number of anilines is 1. The third-order valence-corrected chi connectivity index (χ3v) is 3.49. The van der Waals surface area contributed by atoms with Gasteiger partial charge in [-0.25, -0.2) is 4.79 Å². The van der Waals surface area contributed by atoms with E-state index in [1.165, 1.54) is 0 Å². The van der Waals surface area contributed by atoms with Crippen LogP contribution < -0.4 is 10.6 Å². The van der Waals surface area contributed by atoms with Gasteiger partial charge in [-0.3, -0.25) is 4.68 Å². The summed E-state index contributed by atoms with van der Waals surface area (Å²) in [5.41, 5.74) is 3.33. The average molecular weight is 332 g/mol. The minimum atomic E-state index is -0.328. The van der Waals surface area contributed by atoms with Gasteiger partial charge in [0.1, 0.15) is 0 Å². The molecule has 2 N–H and O–H groups in total. The standard InChI is InChI=1S/C16H20N4O2S/c1-4-22-15(21)12-5-7-13(8-6-12)18-16(23)17-10-14-9-11(2)20(3)19-14/h5-9H,4,10H2,1-3H3,(H2,17,18,23). The Morgan fingerprint density at radius 1 is 1.35 bits per heavy atom. The second-order valence-electron chi connectivity index (χ2n) is 5.01. The van der Waals surface area contributed by atoms with Crippen molar-refractivity contribution in [3.05, 3.63) is 47.3 Å². The molecule has 2 rings (SSSR count). The summed E-state index contributed by atoms with van der Waals surface area (Å²) in [6.07, 6.45) is 0. The van der Waals surface area contributed by atoms with Gasteiger partial charge in [-0.1, -0.05) is 0 Å². The summed E-state index contributed by atoms with van der Waals surface area (Å²) >= 11 is 5.25. The largest absolute Gasteiger partial charge is 0.462 e.